The van der Waals surface area contributed by atoms with E-state index in [4.69, 9.17) is 4.98 Å². The maximum atomic E-state index is 4.73. The molecule has 0 atom stereocenters. The topological polar surface area (TPSA) is 12.9 Å². The van der Waals surface area contributed by atoms with Gasteiger partial charge in [-0.05, 0) is 59.2 Å². The predicted molar refractivity (Wildman–Crippen MR) is 108 cm³/mol. The summed E-state index contributed by atoms with van der Waals surface area (Å²) in [6.45, 7) is 13.2. The van der Waals surface area contributed by atoms with Crippen molar-refractivity contribution in [3.8, 4) is 11.3 Å². The van der Waals surface area contributed by atoms with Crippen molar-refractivity contribution in [3.63, 3.8) is 0 Å². The number of hydrogen-bond acceptors (Lipinski definition) is 1. The Hall–Kier alpha value is -2.67. The Morgan fingerprint density at radius 3 is 2.56 bits per heavy atom. The molecule has 2 aromatic carbocycles. The highest BCUT2D eigenvalue weighted by Crippen LogP contribution is 2.50. The Bertz CT molecular complexity index is 1050. The van der Waals surface area contributed by atoms with Crippen molar-refractivity contribution in [2.75, 3.05) is 0 Å². The van der Waals surface area contributed by atoms with Crippen molar-refractivity contribution < 1.29 is 0 Å². The van der Waals surface area contributed by atoms with Gasteiger partial charge in [-0.2, -0.15) is 0 Å². The number of aromatic nitrogens is 1. The Kier molecular flexibility index (Phi) is 3.43. The third kappa shape index (κ3) is 2.19. The van der Waals surface area contributed by atoms with Gasteiger partial charge in [0.05, 0.1) is 5.69 Å². The molecule has 4 rings (SSSR count). The highest BCUT2D eigenvalue weighted by molar-refractivity contribution is 5.97. The number of aryl methyl sites for hydroxylation is 1. The van der Waals surface area contributed by atoms with Crippen molar-refractivity contribution in [2.45, 2.75) is 33.1 Å². The van der Waals surface area contributed by atoms with E-state index in [0.717, 1.165) is 5.69 Å². The minimum absolute atomic E-state index is 0.0514. The summed E-state index contributed by atoms with van der Waals surface area (Å²) >= 11 is 0. The molecule has 0 unspecified atom stereocenters. The van der Waals surface area contributed by atoms with Crippen LogP contribution in [0.4, 0.5) is 0 Å². The molecule has 0 amide bonds. The lowest BCUT2D eigenvalue weighted by molar-refractivity contribution is 0.663. The molecule has 0 bridgehead atoms. The molecule has 1 heteroatoms. The number of fused-ring (bicyclic) bond motifs is 2. The van der Waals surface area contributed by atoms with Gasteiger partial charge in [-0.15, -0.1) is 0 Å². The van der Waals surface area contributed by atoms with Crippen molar-refractivity contribution in [1.82, 2.24) is 4.98 Å². The molecule has 1 aliphatic carbocycles. The van der Waals surface area contributed by atoms with E-state index in [1.165, 1.54) is 44.2 Å². The largest absolute Gasteiger partial charge is 0.256 e. The summed E-state index contributed by atoms with van der Waals surface area (Å²) in [5.41, 5.74) is 8.63. The van der Waals surface area contributed by atoms with Crippen LogP contribution in [0.25, 0.3) is 27.6 Å². The van der Waals surface area contributed by atoms with Crippen molar-refractivity contribution in [3.05, 3.63) is 83.6 Å². The first-order valence-electron chi connectivity index (χ1n) is 8.81. The summed E-state index contributed by atoms with van der Waals surface area (Å²) in [7, 11) is 0. The molecule has 124 valence electrons. The monoisotopic (exact) mass is 325 g/mol. The maximum absolute atomic E-state index is 4.73. The molecule has 0 saturated heterocycles. The van der Waals surface area contributed by atoms with Gasteiger partial charge < -0.3 is 0 Å². The molecule has 1 heterocycles. The van der Waals surface area contributed by atoms with E-state index in [2.05, 4.69) is 82.8 Å². The molecule has 1 nitrogen and oxygen atoms in total. The molecule has 0 spiro atoms. The van der Waals surface area contributed by atoms with E-state index in [1.54, 1.807) is 0 Å². The summed E-state index contributed by atoms with van der Waals surface area (Å²) in [6.07, 6.45) is 4.09. The maximum Gasteiger partial charge on any atom is 0.0783 e. The van der Waals surface area contributed by atoms with Crippen molar-refractivity contribution >= 4 is 16.3 Å². The zero-order valence-electron chi connectivity index (χ0n) is 15.4. The Morgan fingerprint density at radius 2 is 1.80 bits per heavy atom. The molecule has 0 fully saturated rings. The summed E-state index contributed by atoms with van der Waals surface area (Å²) in [5, 5.41) is 2.43. The van der Waals surface area contributed by atoms with Crippen LogP contribution in [-0.2, 0) is 5.41 Å². The zero-order valence-corrected chi connectivity index (χ0v) is 15.4. The van der Waals surface area contributed by atoms with Gasteiger partial charge in [-0.3, -0.25) is 4.98 Å². The molecular weight excluding hydrogens is 302 g/mol. The van der Waals surface area contributed by atoms with Crippen LogP contribution in [0.15, 0.2) is 66.9 Å². The quantitative estimate of drug-likeness (QED) is 0.500. The van der Waals surface area contributed by atoms with Gasteiger partial charge in [-0.25, -0.2) is 0 Å². The van der Waals surface area contributed by atoms with Crippen LogP contribution in [0.2, 0.25) is 0 Å². The first-order valence-corrected chi connectivity index (χ1v) is 8.81. The lowest BCUT2D eigenvalue weighted by Gasteiger charge is -2.22. The molecule has 25 heavy (non-hydrogen) atoms. The SMILES string of the molecule is C=C1/C(=C\C)c2cc(C)c(-c3nccc4ccccc34)cc2C1(C)C. The first kappa shape index (κ1) is 15.8. The Labute approximate surface area is 149 Å². The number of hydrogen-bond donors (Lipinski definition) is 0. The van der Waals surface area contributed by atoms with Crippen LogP contribution in [0.5, 0.6) is 0 Å². The van der Waals surface area contributed by atoms with Gasteiger partial charge in [0.15, 0.2) is 0 Å². The van der Waals surface area contributed by atoms with Gasteiger partial charge >= 0.3 is 0 Å². The lowest BCUT2D eigenvalue weighted by Crippen LogP contribution is -2.14. The number of nitrogens with zero attached hydrogens (tertiary/aromatic N) is 1. The van der Waals surface area contributed by atoms with Crippen LogP contribution in [0.1, 0.15) is 37.5 Å². The molecular formula is C24H23N. The van der Waals surface area contributed by atoms with Crippen molar-refractivity contribution in [2.24, 2.45) is 0 Å². The Morgan fingerprint density at radius 1 is 1.04 bits per heavy atom. The van der Waals surface area contributed by atoms with Gasteiger partial charge in [0.25, 0.3) is 0 Å². The summed E-state index contributed by atoms with van der Waals surface area (Å²) in [4.78, 5) is 4.73. The number of rotatable bonds is 1. The van der Waals surface area contributed by atoms with Gasteiger partial charge in [0.2, 0.25) is 0 Å². The first-order chi connectivity index (χ1) is 11.9. The van der Waals surface area contributed by atoms with E-state index >= 15 is 0 Å². The van der Waals surface area contributed by atoms with Crippen LogP contribution >= 0.6 is 0 Å². The van der Waals surface area contributed by atoms with Crippen LogP contribution in [0, 0.1) is 6.92 Å². The summed E-state index contributed by atoms with van der Waals surface area (Å²) < 4.78 is 0. The fourth-order valence-corrected chi connectivity index (χ4v) is 4.03. The Balaban J connectivity index is 2.03. The number of pyridine rings is 1. The van der Waals surface area contributed by atoms with Gasteiger partial charge in [-0.1, -0.05) is 56.8 Å². The predicted octanol–water partition coefficient (Wildman–Crippen LogP) is 6.46. The molecule has 3 aromatic rings. The normalized spacial score (nSPS) is 17.3. The highest BCUT2D eigenvalue weighted by Gasteiger charge is 2.37. The summed E-state index contributed by atoms with van der Waals surface area (Å²) in [6, 6.07) is 15.2. The number of benzene rings is 2. The van der Waals surface area contributed by atoms with E-state index in [-0.39, 0.29) is 5.41 Å². The fourth-order valence-electron chi connectivity index (χ4n) is 4.03. The van der Waals surface area contributed by atoms with Crippen LogP contribution in [-0.4, -0.2) is 4.98 Å². The average molecular weight is 325 g/mol. The standard InChI is InChI=1S/C24H23N/c1-6-18-16(3)24(4,5)22-14-20(15(2)13-21(18)22)23-19-10-8-7-9-17(19)11-12-25-23/h6-14H,3H2,1-2,4-5H3/b18-6+. The molecule has 1 aliphatic rings. The second kappa shape index (κ2) is 5.42. The molecule has 0 saturated carbocycles. The summed E-state index contributed by atoms with van der Waals surface area (Å²) in [5.74, 6) is 0. The third-order valence-electron chi connectivity index (χ3n) is 5.63. The fraction of sp³-hybridized carbons (Fsp3) is 0.208. The lowest BCUT2D eigenvalue weighted by atomic mass is 9.82. The van der Waals surface area contributed by atoms with E-state index in [1.807, 2.05) is 6.20 Å². The van der Waals surface area contributed by atoms with Crippen LogP contribution < -0.4 is 0 Å². The van der Waals surface area contributed by atoms with Crippen molar-refractivity contribution in [1.29, 1.82) is 0 Å². The second-order valence-electron chi connectivity index (χ2n) is 7.40. The van der Waals surface area contributed by atoms with E-state index < -0.39 is 0 Å². The van der Waals surface area contributed by atoms with Crippen LogP contribution in [0.3, 0.4) is 0 Å². The molecule has 0 radical (unpaired) electrons. The average Bonchev–Trinajstić information content (AvgIpc) is 2.79. The highest BCUT2D eigenvalue weighted by atomic mass is 14.7. The molecule has 0 aliphatic heterocycles. The minimum atomic E-state index is -0.0514. The third-order valence-corrected chi connectivity index (χ3v) is 5.63. The smallest absolute Gasteiger partial charge is 0.0783 e. The van der Waals surface area contributed by atoms with Gasteiger partial charge in [0, 0.05) is 22.6 Å². The second-order valence-corrected chi connectivity index (χ2v) is 7.40. The van der Waals surface area contributed by atoms with E-state index in [0.29, 0.717) is 0 Å². The zero-order chi connectivity index (χ0) is 17.8. The van der Waals surface area contributed by atoms with E-state index in [9.17, 15) is 0 Å². The molecule has 0 N–H and O–H groups in total. The minimum Gasteiger partial charge on any atom is -0.256 e. The van der Waals surface area contributed by atoms with Gasteiger partial charge in [0.1, 0.15) is 0 Å². The molecule has 1 aromatic heterocycles. The number of allylic oxidation sites excluding steroid dienone is 3.